The predicted octanol–water partition coefficient (Wildman–Crippen LogP) is 4.74. The Morgan fingerprint density at radius 3 is 1.62 bits per heavy atom. The molecule has 80 valence electrons. The van der Waals surface area contributed by atoms with E-state index in [1.807, 2.05) is 0 Å². The Morgan fingerprint density at radius 1 is 0.846 bits per heavy atom. The zero-order valence-corrected chi connectivity index (χ0v) is 10.4. The minimum Gasteiger partial charge on any atom is -0.0654 e. The molecule has 0 aliphatic rings. The van der Waals surface area contributed by atoms with Gasteiger partial charge in [-0.1, -0.05) is 60.8 Å². The SMILES string of the molecule is CCCCC(C)C(C(C)C)C(C)C. The van der Waals surface area contributed by atoms with Crippen LogP contribution in [0.15, 0.2) is 0 Å². The van der Waals surface area contributed by atoms with E-state index < -0.39 is 0 Å². The molecule has 0 fully saturated rings. The van der Waals surface area contributed by atoms with E-state index in [0.29, 0.717) is 0 Å². The molecule has 0 aromatic rings. The second-order valence-electron chi connectivity index (χ2n) is 5.18. The van der Waals surface area contributed by atoms with Crippen LogP contribution in [-0.4, -0.2) is 0 Å². The number of hydrogen-bond donors (Lipinski definition) is 0. The van der Waals surface area contributed by atoms with E-state index in [9.17, 15) is 0 Å². The lowest BCUT2D eigenvalue weighted by Gasteiger charge is -2.31. The maximum absolute atomic E-state index is 2.43. The van der Waals surface area contributed by atoms with E-state index in [1.54, 1.807) is 0 Å². The monoisotopic (exact) mass is 184 g/mol. The van der Waals surface area contributed by atoms with Crippen molar-refractivity contribution in [3.8, 4) is 0 Å². The van der Waals surface area contributed by atoms with Crippen molar-refractivity contribution in [1.82, 2.24) is 0 Å². The molecule has 0 aromatic carbocycles. The molecule has 1 unspecified atom stereocenters. The quantitative estimate of drug-likeness (QED) is 0.559. The second kappa shape index (κ2) is 6.45. The summed E-state index contributed by atoms with van der Waals surface area (Å²) in [4.78, 5) is 0. The van der Waals surface area contributed by atoms with Gasteiger partial charge in [-0.05, 0) is 23.7 Å². The van der Waals surface area contributed by atoms with Crippen molar-refractivity contribution in [3.63, 3.8) is 0 Å². The van der Waals surface area contributed by atoms with Crippen molar-refractivity contribution in [2.75, 3.05) is 0 Å². The van der Waals surface area contributed by atoms with Crippen molar-refractivity contribution in [2.24, 2.45) is 23.7 Å². The Morgan fingerprint density at radius 2 is 1.31 bits per heavy atom. The first kappa shape index (κ1) is 13.0. The van der Waals surface area contributed by atoms with Gasteiger partial charge < -0.3 is 0 Å². The third-order valence-corrected chi connectivity index (χ3v) is 3.21. The zero-order chi connectivity index (χ0) is 10.4. The molecule has 0 bridgehead atoms. The smallest absolute Gasteiger partial charge is 0.0342 e. The van der Waals surface area contributed by atoms with Gasteiger partial charge >= 0.3 is 0 Å². The fourth-order valence-corrected chi connectivity index (χ4v) is 2.80. The van der Waals surface area contributed by atoms with E-state index >= 15 is 0 Å². The Balaban J connectivity index is 4.04. The summed E-state index contributed by atoms with van der Waals surface area (Å²) in [5, 5.41) is 0. The summed E-state index contributed by atoms with van der Waals surface area (Å²) in [6, 6.07) is 0. The van der Waals surface area contributed by atoms with Crippen molar-refractivity contribution in [1.29, 1.82) is 0 Å². The summed E-state index contributed by atoms with van der Waals surface area (Å²) < 4.78 is 0. The molecule has 0 saturated carbocycles. The van der Waals surface area contributed by atoms with Gasteiger partial charge in [-0.3, -0.25) is 0 Å². The molecule has 13 heavy (non-hydrogen) atoms. The Hall–Kier alpha value is 0. The fourth-order valence-electron chi connectivity index (χ4n) is 2.80. The molecule has 0 rings (SSSR count). The van der Waals surface area contributed by atoms with Gasteiger partial charge in [0.2, 0.25) is 0 Å². The maximum atomic E-state index is 2.43. The van der Waals surface area contributed by atoms with Gasteiger partial charge in [-0.25, -0.2) is 0 Å². The van der Waals surface area contributed by atoms with Crippen LogP contribution in [-0.2, 0) is 0 Å². The molecule has 0 N–H and O–H groups in total. The van der Waals surface area contributed by atoms with E-state index in [2.05, 4.69) is 41.5 Å². The molecule has 0 aromatic heterocycles. The number of unbranched alkanes of at least 4 members (excludes halogenated alkanes) is 1. The summed E-state index contributed by atoms with van der Waals surface area (Å²) in [7, 11) is 0. The van der Waals surface area contributed by atoms with Gasteiger partial charge in [0.1, 0.15) is 0 Å². The normalized spacial score (nSPS) is 14.5. The summed E-state index contributed by atoms with van der Waals surface area (Å²) in [6.45, 7) is 14.2. The van der Waals surface area contributed by atoms with E-state index in [4.69, 9.17) is 0 Å². The van der Waals surface area contributed by atoms with Crippen LogP contribution in [0.2, 0.25) is 0 Å². The first-order valence-corrected chi connectivity index (χ1v) is 6.00. The summed E-state index contributed by atoms with van der Waals surface area (Å²) >= 11 is 0. The number of hydrogen-bond acceptors (Lipinski definition) is 0. The minimum absolute atomic E-state index is 0.840. The average molecular weight is 184 g/mol. The number of rotatable bonds is 6. The third kappa shape index (κ3) is 4.69. The van der Waals surface area contributed by atoms with Crippen molar-refractivity contribution < 1.29 is 0 Å². The molecular formula is C13H28. The molecule has 0 radical (unpaired) electrons. The third-order valence-electron chi connectivity index (χ3n) is 3.21. The van der Waals surface area contributed by atoms with Crippen LogP contribution in [0.4, 0.5) is 0 Å². The van der Waals surface area contributed by atoms with Crippen LogP contribution in [0, 0.1) is 23.7 Å². The van der Waals surface area contributed by atoms with Gasteiger partial charge in [0, 0.05) is 0 Å². The first-order valence-electron chi connectivity index (χ1n) is 6.00. The van der Waals surface area contributed by atoms with Gasteiger partial charge in [0.15, 0.2) is 0 Å². The molecule has 1 atom stereocenters. The lowest BCUT2D eigenvalue weighted by atomic mass is 9.75. The standard InChI is InChI=1S/C13H28/c1-7-8-9-12(6)13(10(2)3)11(4)5/h10-13H,7-9H2,1-6H3. The fraction of sp³-hybridized carbons (Fsp3) is 1.00. The van der Waals surface area contributed by atoms with Crippen LogP contribution in [0.25, 0.3) is 0 Å². The van der Waals surface area contributed by atoms with Crippen LogP contribution < -0.4 is 0 Å². The minimum atomic E-state index is 0.840. The summed E-state index contributed by atoms with van der Waals surface area (Å²) in [5.74, 6) is 3.49. The summed E-state index contributed by atoms with van der Waals surface area (Å²) in [5.41, 5.74) is 0. The largest absolute Gasteiger partial charge is 0.0654 e. The van der Waals surface area contributed by atoms with Crippen LogP contribution in [0.3, 0.4) is 0 Å². The predicted molar refractivity (Wildman–Crippen MR) is 61.9 cm³/mol. The molecule has 0 heterocycles. The van der Waals surface area contributed by atoms with Crippen LogP contribution in [0.1, 0.15) is 60.8 Å². The van der Waals surface area contributed by atoms with E-state index in [0.717, 1.165) is 23.7 Å². The molecule has 0 heteroatoms. The maximum Gasteiger partial charge on any atom is -0.0342 e. The molecular weight excluding hydrogens is 156 g/mol. The van der Waals surface area contributed by atoms with Gasteiger partial charge in [0.25, 0.3) is 0 Å². The van der Waals surface area contributed by atoms with Gasteiger partial charge in [-0.15, -0.1) is 0 Å². The average Bonchev–Trinajstić information content (AvgIpc) is 1.99. The van der Waals surface area contributed by atoms with Gasteiger partial charge in [-0.2, -0.15) is 0 Å². The van der Waals surface area contributed by atoms with Crippen molar-refractivity contribution in [2.45, 2.75) is 60.8 Å². The highest BCUT2D eigenvalue weighted by Gasteiger charge is 2.23. The molecule has 0 saturated heterocycles. The molecule has 0 nitrogen and oxygen atoms in total. The highest BCUT2D eigenvalue weighted by atomic mass is 14.3. The topological polar surface area (TPSA) is 0 Å². The molecule has 0 amide bonds. The Bertz CT molecular complexity index is 105. The lowest BCUT2D eigenvalue weighted by Crippen LogP contribution is -2.23. The Kier molecular flexibility index (Phi) is 6.45. The highest BCUT2D eigenvalue weighted by Crippen LogP contribution is 2.31. The molecule has 0 spiro atoms. The van der Waals surface area contributed by atoms with E-state index in [-0.39, 0.29) is 0 Å². The van der Waals surface area contributed by atoms with E-state index in [1.165, 1.54) is 19.3 Å². The first-order chi connectivity index (χ1) is 6.00. The molecule has 0 aliphatic carbocycles. The summed E-state index contributed by atoms with van der Waals surface area (Å²) in [6.07, 6.45) is 4.15. The second-order valence-corrected chi connectivity index (χ2v) is 5.18. The van der Waals surface area contributed by atoms with Crippen molar-refractivity contribution >= 4 is 0 Å². The van der Waals surface area contributed by atoms with Crippen LogP contribution >= 0.6 is 0 Å². The van der Waals surface area contributed by atoms with Crippen LogP contribution in [0.5, 0.6) is 0 Å². The lowest BCUT2D eigenvalue weighted by molar-refractivity contribution is 0.187. The molecule has 0 aliphatic heterocycles. The Labute approximate surface area is 85.1 Å². The highest BCUT2D eigenvalue weighted by molar-refractivity contribution is 4.72. The van der Waals surface area contributed by atoms with Crippen molar-refractivity contribution in [3.05, 3.63) is 0 Å². The van der Waals surface area contributed by atoms with Gasteiger partial charge in [0.05, 0.1) is 0 Å². The zero-order valence-electron chi connectivity index (χ0n) is 10.4.